The molecule has 0 spiro atoms. The SMILES string of the molecule is O=C(NCc1ccc(-c2cccnc2)nc1)c1ccc(F)c(F)c1. The lowest BCUT2D eigenvalue weighted by atomic mass is 10.1. The number of pyridine rings is 2. The molecule has 24 heavy (non-hydrogen) atoms. The van der Waals surface area contributed by atoms with Gasteiger partial charge in [-0.25, -0.2) is 8.78 Å². The Kier molecular flexibility index (Phi) is 4.56. The summed E-state index contributed by atoms with van der Waals surface area (Å²) in [4.78, 5) is 20.3. The number of amides is 1. The molecule has 0 fully saturated rings. The number of nitrogens with one attached hydrogen (secondary N) is 1. The monoisotopic (exact) mass is 325 g/mol. The Bertz CT molecular complexity index is 852. The smallest absolute Gasteiger partial charge is 0.251 e. The zero-order valence-corrected chi connectivity index (χ0v) is 12.5. The van der Waals surface area contributed by atoms with Crippen LogP contribution in [0.1, 0.15) is 15.9 Å². The van der Waals surface area contributed by atoms with Gasteiger partial charge in [-0.1, -0.05) is 6.07 Å². The molecule has 3 aromatic rings. The normalized spacial score (nSPS) is 10.4. The molecule has 120 valence electrons. The van der Waals surface area contributed by atoms with E-state index in [4.69, 9.17) is 0 Å². The predicted octanol–water partition coefficient (Wildman–Crippen LogP) is 3.35. The predicted molar refractivity (Wildman–Crippen MR) is 85.0 cm³/mol. The average molecular weight is 325 g/mol. The van der Waals surface area contributed by atoms with Crippen LogP contribution < -0.4 is 5.32 Å². The molecule has 2 heterocycles. The number of hydrogen-bond acceptors (Lipinski definition) is 3. The first-order chi connectivity index (χ1) is 11.6. The van der Waals surface area contributed by atoms with Gasteiger partial charge in [0.05, 0.1) is 5.69 Å². The Balaban J connectivity index is 1.64. The number of aromatic nitrogens is 2. The lowest BCUT2D eigenvalue weighted by molar-refractivity contribution is 0.0950. The summed E-state index contributed by atoms with van der Waals surface area (Å²) in [5.74, 6) is -2.52. The Morgan fingerprint density at radius 2 is 1.92 bits per heavy atom. The highest BCUT2D eigenvalue weighted by molar-refractivity contribution is 5.94. The van der Waals surface area contributed by atoms with E-state index in [1.54, 1.807) is 18.6 Å². The molecule has 0 atom stereocenters. The van der Waals surface area contributed by atoms with E-state index in [0.717, 1.165) is 29.0 Å². The van der Waals surface area contributed by atoms with Crippen LogP contribution >= 0.6 is 0 Å². The van der Waals surface area contributed by atoms with Crippen molar-refractivity contribution in [3.63, 3.8) is 0 Å². The van der Waals surface area contributed by atoms with Gasteiger partial charge in [-0.05, 0) is 42.0 Å². The van der Waals surface area contributed by atoms with Crippen molar-refractivity contribution in [3.8, 4) is 11.3 Å². The largest absolute Gasteiger partial charge is 0.348 e. The van der Waals surface area contributed by atoms with Gasteiger partial charge in [-0.3, -0.25) is 14.8 Å². The minimum absolute atomic E-state index is 0.0637. The number of carbonyl (C=O) groups excluding carboxylic acids is 1. The van der Waals surface area contributed by atoms with Crippen LogP contribution in [-0.2, 0) is 6.54 Å². The zero-order valence-electron chi connectivity index (χ0n) is 12.5. The zero-order chi connectivity index (χ0) is 16.9. The summed E-state index contributed by atoms with van der Waals surface area (Å²) >= 11 is 0. The summed E-state index contributed by atoms with van der Waals surface area (Å²) in [7, 11) is 0. The van der Waals surface area contributed by atoms with E-state index in [2.05, 4.69) is 15.3 Å². The number of nitrogens with zero attached hydrogens (tertiary/aromatic N) is 2. The van der Waals surface area contributed by atoms with Crippen LogP contribution in [0.2, 0.25) is 0 Å². The van der Waals surface area contributed by atoms with E-state index in [9.17, 15) is 13.6 Å². The third-order valence-electron chi connectivity index (χ3n) is 3.42. The molecule has 1 aromatic carbocycles. The van der Waals surface area contributed by atoms with Gasteiger partial charge >= 0.3 is 0 Å². The Hall–Kier alpha value is -3.15. The summed E-state index contributed by atoms with van der Waals surface area (Å²) in [6.45, 7) is 0.234. The first-order valence-electron chi connectivity index (χ1n) is 7.22. The van der Waals surface area contributed by atoms with Crippen molar-refractivity contribution in [2.24, 2.45) is 0 Å². The van der Waals surface area contributed by atoms with Crippen molar-refractivity contribution < 1.29 is 13.6 Å². The number of benzene rings is 1. The lowest BCUT2D eigenvalue weighted by Gasteiger charge is -2.06. The van der Waals surface area contributed by atoms with Gasteiger partial charge in [-0.2, -0.15) is 0 Å². The van der Waals surface area contributed by atoms with Crippen LogP contribution in [0, 0.1) is 11.6 Å². The minimum Gasteiger partial charge on any atom is -0.348 e. The molecule has 0 bridgehead atoms. The van der Waals surface area contributed by atoms with E-state index < -0.39 is 17.5 Å². The van der Waals surface area contributed by atoms with Gasteiger partial charge in [0, 0.05) is 36.3 Å². The quantitative estimate of drug-likeness (QED) is 0.800. The summed E-state index contributed by atoms with van der Waals surface area (Å²) in [6.07, 6.45) is 5.05. The van der Waals surface area contributed by atoms with Crippen LogP contribution in [0.25, 0.3) is 11.3 Å². The molecule has 4 nitrogen and oxygen atoms in total. The second-order valence-electron chi connectivity index (χ2n) is 5.10. The Morgan fingerprint density at radius 1 is 1.04 bits per heavy atom. The van der Waals surface area contributed by atoms with Crippen LogP contribution in [-0.4, -0.2) is 15.9 Å². The van der Waals surface area contributed by atoms with Gasteiger partial charge < -0.3 is 5.32 Å². The molecule has 0 aliphatic heterocycles. The van der Waals surface area contributed by atoms with E-state index in [1.165, 1.54) is 6.07 Å². The van der Waals surface area contributed by atoms with Crippen LogP contribution in [0.3, 0.4) is 0 Å². The van der Waals surface area contributed by atoms with Crippen molar-refractivity contribution in [2.75, 3.05) is 0 Å². The molecule has 1 amide bonds. The second kappa shape index (κ2) is 6.95. The summed E-state index contributed by atoms with van der Waals surface area (Å²) in [5.41, 5.74) is 2.53. The fourth-order valence-corrected chi connectivity index (χ4v) is 2.14. The van der Waals surface area contributed by atoms with Crippen molar-refractivity contribution in [2.45, 2.75) is 6.54 Å². The highest BCUT2D eigenvalue weighted by Crippen LogP contribution is 2.15. The molecular formula is C18H13F2N3O. The molecule has 0 saturated carbocycles. The number of hydrogen-bond donors (Lipinski definition) is 1. The first-order valence-corrected chi connectivity index (χ1v) is 7.22. The molecule has 0 saturated heterocycles. The molecule has 1 N–H and O–H groups in total. The van der Waals surface area contributed by atoms with E-state index >= 15 is 0 Å². The first kappa shape index (κ1) is 15.7. The molecular weight excluding hydrogens is 312 g/mol. The van der Waals surface area contributed by atoms with Crippen molar-refractivity contribution in [3.05, 3.63) is 83.8 Å². The van der Waals surface area contributed by atoms with Crippen molar-refractivity contribution >= 4 is 5.91 Å². The fourth-order valence-electron chi connectivity index (χ4n) is 2.14. The average Bonchev–Trinajstić information content (AvgIpc) is 2.63. The standard InChI is InChI=1S/C18H13F2N3O/c19-15-5-4-13(8-16(15)20)18(24)23-10-12-3-6-17(22-9-12)14-2-1-7-21-11-14/h1-9,11H,10H2,(H,23,24). The van der Waals surface area contributed by atoms with E-state index in [-0.39, 0.29) is 12.1 Å². The molecule has 0 radical (unpaired) electrons. The maximum atomic E-state index is 13.1. The van der Waals surface area contributed by atoms with Crippen LogP contribution in [0.5, 0.6) is 0 Å². The van der Waals surface area contributed by atoms with E-state index in [1.807, 2.05) is 24.3 Å². The van der Waals surface area contributed by atoms with E-state index in [0.29, 0.717) is 0 Å². The Labute approximate surface area is 137 Å². The maximum absolute atomic E-state index is 13.1. The van der Waals surface area contributed by atoms with Gasteiger partial charge in [0.1, 0.15) is 0 Å². The second-order valence-corrected chi connectivity index (χ2v) is 5.10. The van der Waals surface area contributed by atoms with Crippen LogP contribution in [0.15, 0.2) is 61.1 Å². The molecule has 3 rings (SSSR count). The molecule has 0 aliphatic carbocycles. The molecule has 2 aromatic heterocycles. The fraction of sp³-hybridized carbons (Fsp3) is 0.0556. The van der Waals surface area contributed by atoms with Gasteiger partial charge in [0.15, 0.2) is 11.6 Å². The summed E-state index contributed by atoms with van der Waals surface area (Å²) in [6, 6.07) is 10.4. The third-order valence-corrected chi connectivity index (χ3v) is 3.42. The summed E-state index contributed by atoms with van der Waals surface area (Å²) in [5, 5.41) is 2.64. The molecule has 6 heteroatoms. The van der Waals surface area contributed by atoms with Gasteiger partial charge in [0.25, 0.3) is 5.91 Å². The lowest BCUT2D eigenvalue weighted by Crippen LogP contribution is -2.23. The summed E-state index contributed by atoms with van der Waals surface area (Å²) < 4.78 is 26.0. The molecule has 0 aliphatic rings. The third kappa shape index (κ3) is 3.60. The van der Waals surface area contributed by atoms with Crippen LogP contribution in [0.4, 0.5) is 8.78 Å². The van der Waals surface area contributed by atoms with Crippen molar-refractivity contribution in [1.29, 1.82) is 0 Å². The van der Waals surface area contributed by atoms with Crippen molar-refractivity contribution in [1.82, 2.24) is 15.3 Å². The highest BCUT2D eigenvalue weighted by atomic mass is 19.2. The number of carbonyl (C=O) groups is 1. The minimum atomic E-state index is -1.05. The molecule has 0 unspecified atom stereocenters. The number of rotatable bonds is 4. The topological polar surface area (TPSA) is 54.9 Å². The van der Waals surface area contributed by atoms with Gasteiger partial charge in [0.2, 0.25) is 0 Å². The van der Waals surface area contributed by atoms with Gasteiger partial charge in [-0.15, -0.1) is 0 Å². The maximum Gasteiger partial charge on any atom is 0.251 e. The Morgan fingerprint density at radius 3 is 2.58 bits per heavy atom. The highest BCUT2D eigenvalue weighted by Gasteiger charge is 2.09. The number of halogens is 2.